The number of methoxy groups -OCH3 is 1. The summed E-state index contributed by atoms with van der Waals surface area (Å²) in [6.07, 6.45) is 1.39. The van der Waals surface area contributed by atoms with Gasteiger partial charge in [0.15, 0.2) is 0 Å². The van der Waals surface area contributed by atoms with Crippen LogP contribution >= 0.6 is 11.6 Å². The van der Waals surface area contributed by atoms with Crippen LogP contribution < -0.4 is 15.8 Å². The van der Waals surface area contributed by atoms with Crippen LogP contribution in [0.2, 0.25) is 5.02 Å². The number of fused-ring (bicyclic) bond motifs is 1. The number of nitrogens with two attached hydrogens (primary N) is 1. The molecule has 5 nitrogen and oxygen atoms in total. The summed E-state index contributed by atoms with van der Waals surface area (Å²) in [6, 6.07) is 7.88. The van der Waals surface area contributed by atoms with E-state index in [1.807, 2.05) is 0 Å². The molecule has 0 amide bonds. The number of ether oxygens (including phenoxy) is 1. The minimum absolute atomic E-state index is 0.0320. The predicted molar refractivity (Wildman–Crippen MR) is 85.2 cm³/mol. The third-order valence-electron chi connectivity index (χ3n) is 3.21. The van der Waals surface area contributed by atoms with Crippen LogP contribution in [0.15, 0.2) is 36.7 Å². The number of nitrogens with zero attached hydrogens (tertiary/aromatic N) is 2. The van der Waals surface area contributed by atoms with Gasteiger partial charge in [0.25, 0.3) is 0 Å². The first kappa shape index (κ1) is 14.3. The molecule has 0 aliphatic rings. The van der Waals surface area contributed by atoms with Gasteiger partial charge in [0.2, 0.25) is 0 Å². The maximum Gasteiger partial charge on any atom is 0.144 e. The van der Waals surface area contributed by atoms with Gasteiger partial charge in [-0.1, -0.05) is 11.6 Å². The largest absolute Gasteiger partial charge is 0.495 e. The summed E-state index contributed by atoms with van der Waals surface area (Å²) < 4.78 is 18.4. The van der Waals surface area contributed by atoms with E-state index in [1.54, 1.807) is 25.3 Å². The minimum atomic E-state index is -0.478. The van der Waals surface area contributed by atoms with Gasteiger partial charge >= 0.3 is 0 Å². The van der Waals surface area contributed by atoms with Crippen molar-refractivity contribution in [2.24, 2.45) is 0 Å². The van der Waals surface area contributed by atoms with Crippen LogP contribution in [0.4, 0.5) is 21.6 Å². The van der Waals surface area contributed by atoms with E-state index in [1.165, 1.54) is 18.5 Å². The molecule has 2 aromatic carbocycles. The van der Waals surface area contributed by atoms with E-state index < -0.39 is 5.82 Å². The normalized spacial score (nSPS) is 10.7. The Balaban J connectivity index is 2.07. The Morgan fingerprint density at radius 3 is 2.77 bits per heavy atom. The lowest BCUT2D eigenvalue weighted by Crippen LogP contribution is -2.00. The first-order valence-electron chi connectivity index (χ1n) is 6.39. The Morgan fingerprint density at radius 2 is 2.05 bits per heavy atom. The quantitative estimate of drug-likeness (QED) is 0.719. The standard InChI is InChI=1S/C15H12ClFN4O/c1-22-12-5-3-9-14(13(12)18)19-7-20-15(9)21-8-2-4-11(17)10(16)6-8/h2-7H,18H2,1H3,(H,19,20,21). The van der Waals surface area contributed by atoms with E-state index in [9.17, 15) is 4.39 Å². The van der Waals surface area contributed by atoms with Gasteiger partial charge in [0, 0.05) is 11.1 Å². The van der Waals surface area contributed by atoms with E-state index in [0.717, 1.165) is 5.39 Å². The molecule has 0 saturated carbocycles. The molecule has 0 bridgehead atoms. The molecular weight excluding hydrogens is 307 g/mol. The lowest BCUT2D eigenvalue weighted by atomic mass is 10.2. The van der Waals surface area contributed by atoms with Crippen molar-refractivity contribution < 1.29 is 9.13 Å². The van der Waals surface area contributed by atoms with Crippen LogP contribution in [-0.4, -0.2) is 17.1 Å². The molecule has 0 aliphatic heterocycles. The van der Waals surface area contributed by atoms with Gasteiger partial charge in [0.1, 0.15) is 34.9 Å². The van der Waals surface area contributed by atoms with Crippen molar-refractivity contribution in [1.82, 2.24) is 9.97 Å². The van der Waals surface area contributed by atoms with E-state index in [0.29, 0.717) is 28.5 Å². The van der Waals surface area contributed by atoms with Crippen LogP contribution in [0.25, 0.3) is 10.9 Å². The van der Waals surface area contributed by atoms with Crippen molar-refractivity contribution in [2.45, 2.75) is 0 Å². The Labute approximate surface area is 130 Å². The SMILES string of the molecule is COc1ccc2c(Nc3ccc(F)c(Cl)c3)ncnc2c1N. The van der Waals surface area contributed by atoms with Crippen molar-refractivity contribution in [3.63, 3.8) is 0 Å². The van der Waals surface area contributed by atoms with Gasteiger partial charge in [-0.05, 0) is 30.3 Å². The molecule has 0 atom stereocenters. The van der Waals surface area contributed by atoms with Gasteiger partial charge < -0.3 is 15.8 Å². The first-order valence-corrected chi connectivity index (χ1v) is 6.77. The van der Waals surface area contributed by atoms with Crippen LogP contribution in [0.1, 0.15) is 0 Å². The Kier molecular flexibility index (Phi) is 3.68. The number of nitrogen functional groups attached to an aromatic ring is 1. The summed E-state index contributed by atoms with van der Waals surface area (Å²) in [6.45, 7) is 0. The molecule has 0 fully saturated rings. The molecule has 1 heterocycles. The van der Waals surface area contributed by atoms with E-state index in [2.05, 4.69) is 15.3 Å². The van der Waals surface area contributed by atoms with Crippen molar-refractivity contribution in [2.75, 3.05) is 18.2 Å². The summed E-state index contributed by atoms with van der Waals surface area (Å²) in [5.41, 5.74) is 7.64. The molecule has 7 heteroatoms. The van der Waals surface area contributed by atoms with Crippen LogP contribution in [0.5, 0.6) is 5.75 Å². The Bertz CT molecular complexity index is 856. The van der Waals surface area contributed by atoms with Crippen LogP contribution in [0.3, 0.4) is 0 Å². The molecule has 112 valence electrons. The predicted octanol–water partition coefficient (Wildman–Crippen LogP) is 3.76. The summed E-state index contributed by atoms with van der Waals surface area (Å²) >= 11 is 5.78. The van der Waals surface area contributed by atoms with Gasteiger partial charge in [-0.3, -0.25) is 0 Å². The van der Waals surface area contributed by atoms with Crippen molar-refractivity contribution in [3.8, 4) is 5.75 Å². The van der Waals surface area contributed by atoms with E-state index in [4.69, 9.17) is 22.1 Å². The van der Waals surface area contributed by atoms with Gasteiger partial charge in [-0.2, -0.15) is 0 Å². The first-order chi connectivity index (χ1) is 10.6. The van der Waals surface area contributed by atoms with Crippen molar-refractivity contribution in [3.05, 3.63) is 47.5 Å². The van der Waals surface area contributed by atoms with Gasteiger partial charge in [-0.25, -0.2) is 14.4 Å². The highest BCUT2D eigenvalue weighted by Gasteiger charge is 2.11. The number of rotatable bonds is 3. The van der Waals surface area contributed by atoms with Gasteiger partial charge in [-0.15, -0.1) is 0 Å². The van der Waals surface area contributed by atoms with Crippen molar-refractivity contribution in [1.29, 1.82) is 0 Å². The fourth-order valence-electron chi connectivity index (χ4n) is 2.12. The van der Waals surface area contributed by atoms with E-state index >= 15 is 0 Å². The third-order valence-corrected chi connectivity index (χ3v) is 3.50. The van der Waals surface area contributed by atoms with E-state index in [-0.39, 0.29) is 5.02 Å². The minimum Gasteiger partial charge on any atom is -0.495 e. The molecular formula is C15H12ClFN4O. The van der Waals surface area contributed by atoms with Gasteiger partial charge in [0.05, 0.1) is 12.1 Å². The number of benzene rings is 2. The fraction of sp³-hybridized carbons (Fsp3) is 0.0667. The Hall–Kier alpha value is -2.60. The average molecular weight is 319 g/mol. The smallest absolute Gasteiger partial charge is 0.144 e. The highest BCUT2D eigenvalue weighted by atomic mass is 35.5. The lowest BCUT2D eigenvalue weighted by molar-refractivity contribution is 0.417. The second-order valence-corrected chi connectivity index (χ2v) is 4.96. The van der Waals surface area contributed by atoms with Crippen molar-refractivity contribution >= 4 is 39.7 Å². The molecule has 0 spiro atoms. The number of halogens is 2. The van der Waals surface area contributed by atoms with Crippen LogP contribution in [0, 0.1) is 5.82 Å². The monoisotopic (exact) mass is 318 g/mol. The number of aromatic nitrogens is 2. The maximum atomic E-state index is 13.2. The van der Waals surface area contributed by atoms with Crippen LogP contribution in [-0.2, 0) is 0 Å². The second-order valence-electron chi connectivity index (χ2n) is 4.55. The molecule has 22 heavy (non-hydrogen) atoms. The number of nitrogens with one attached hydrogen (secondary N) is 1. The summed E-state index contributed by atoms with van der Waals surface area (Å²) in [5.74, 6) is 0.609. The number of hydrogen-bond acceptors (Lipinski definition) is 5. The lowest BCUT2D eigenvalue weighted by Gasteiger charge is -2.11. The second kappa shape index (κ2) is 5.65. The highest BCUT2D eigenvalue weighted by molar-refractivity contribution is 6.31. The molecule has 1 aromatic heterocycles. The molecule has 0 aliphatic carbocycles. The zero-order valence-electron chi connectivity index (χ0n) is 11.6. The number of hydrogen-bond donors (Lipinski definition) is 2. The third kappa shape index (κ3) is 2.48. The molecule has 0 unspecified atom stereocenters. The molecule has 0 saturated heterocycles. The Morgan fingerprint density at radius 1 is 1.23 bits per heavy atom. The zero-order chi connectivity index (χ0) is 15.7. The summed E-state index contributed by atoms with van der Waals surface area (Å²) in [5, 5.41) is 3.84. The summed E-state index contributed by atoms with van der Waals surface area (Å²) in [4.78, 5) is 8.38. The topological polar surface area (TPSA) is 73.1 Å². The molecule has 0 radical (unpaired) electrons. The zero-order valence-corrected chi connectivity index (χ0v) is 12.4. The maximum absolute atomic E-state index is 13.2. The molecule has 3 aromatic rings. The molecule has 3 rings (SSSR count). The average Bonchev–Trinajstić information content (AvgIpc) is 2.52. The molecule has 3 N–H and O–H groups in total. The fourth-order valence-corrected chi connectivity index (χ4v) is 2.30. The number of anilines is 3. The summed E-state index contributed by atoms with van der Waals surface area (Å²) in [7, 11) is 1.54. The highest BCUT2D eigenvalue weighted by Crippen LogP contribution is 2.33.